The molecule has 0 aromatic heterocycles. The van der Waals surface area contributed by atoms with E-state index in [1.54, 1.807) is 12.1 Å². The predicted molar refractivity (Wildman–Crippen MR) is 75.3 cm³/mol. The van der Waals surface area contributed by atoms with Crippen molar-refractivity contribution in [2.24, 2.45) is 0 Å². The maximum Gasteiger partial charge on any atom is 0.328 e. The Bertz CT molecular complexity index is 540. The van der Waals surface area contributed by atoms with Gasteiger partial charge >= 0.3 is 5.97 Å². The second kappa shape index (κ2) is 5.63. The number of carboxylic acid groups (broad SMARTS) is 1. The molecule has 0 bridgehead atoms. The van der Waals surface area contributed by atoms with Crippen LogP contribution in [0, 0.1) is 5.82 Å². The van der Waals surface area contributed by atoms with Gasteiger partial charge in [-0.25, -0.2) is 9.18 Å². The Morgan fingerprint density at radius 1 is 1.50 bits per heavy atom. The van der Waals surface area contributed by atoms with Crippen LogP contribution in [0.25, 0.3) is 6.08 Å². The van der Waals surface area contributed by atoms with Gasteiger partial charge in [0, 0.05) is 23.9 Å². The average Bonchev–Trinajstić information content (AvgIpc) is 2.36. The number of anilines is 1. The van der Waals surface area contributed by atoms with Crippen LogP contribution in [0.15, 0.2) is 24.3 Å². The van der Waals surface area contributed by atoms with Gasteiger partial charge < -0.3 is 14.7 Å². The van der Waals surface area contributed by atoms with Crippen molar-refractivity contribution in [1.82, 2.24) is 0 Å². The molecule has 1 saturated heterocycles. The van der Waals surface area contributed by atoms with Gasteiger partial charge in [0.15, 0.2) is 0 Å². The van der Waals surface area contributed by atoms with E-state index in [-0.39, 0.29) is 5.54 Å². The van der Waals surface area contributed by atoms with Crippen molar-refractivity contribution in [3.63, 3.8) is 0 Å². The fraction of sp³-hybridized carbons (Fsp3) is 0.400. The molecule has 1 aliphatic rings. The molecule has 2 rings (SSSR count). The highest BCUT2D eigenvalue weighted by Gasteiger charge is 2.32. The van der Waals surface area contributed by atoms with Crippen molar-refractivity contribution in [3.05, 3.63) is 35.7 Å². The minimum Gasteiger partial charge on any atom is -0.478 e. The standard InChI is InChI=1S/C15H18FNO3/c1-15(2)10-20-9-8-17(15)13-5-3-4-12(16)11(13)6-7-14(18)19/h3-7H,8-10H2,1-2H3,(H,18,19)/b7-6+. The Kier molecular flexibility index (Phi) is 4.09. The van der Waals surface area contributed by atoms with Crippen molar-refractivity contribution in [2.75, 3.05) is 24.7 Å². The number of nitrogens with zero attached hydrogens (tertiary/aromatic N) is 1. The van der Waals surface area contributed by atoms with Gasteiger partial charge in [-0.2, -0.15) is 0 Å². The summed E-state index contributed by atoms with van der Waals surface area (Å²) in [6, 6.07) is 4.77. The summed E-state index contributed by atoms with van der Waals surface area (Å²) in [7, 11) is 0. The molecule has 5 heteroatoms. The van der Waals surface area contributed by atoms with Gasteiger partial charge in [-0.3, -0.25) is 0 Å². The summed E-state index contributed by atoms with van der Waals surface area (Å²) in [5.74, 6) is -1.53. The van der Waals surface area contributed by atoms with Crippen LogP contribution in [0.1, 0.15) is 19.4 Å². The molecule has 1 aromatic rings. The number of morpholine rings is 1. The van der Waals surface area contributed by atoms with Gasteiger partial charge in [-0.1, -0.05) is 6.07 Å². The van der Waals surface area contributed by atoms with Gasteiger partial charge in [-0.05, 0) is 32.1 Å². The molecule has 0 unspecified atom stereocenters. The number of ether oxygens (including phenoxy) is 1. The molecule has 0 aliphatic carbocycles. The molecule has 0 amide bonds. The van der Waals surface area contributed by atoms with E-state index in [1.807, 2.05) is 13.8 Å². The van der Waals surface area contributed by atoms with Crippen molar-refractivity contribution in [1.29, 1.82) is 0 Å². The third-order valence-corrected chi connectivity index (χ3v) is 3.36. The summed E-state index contributed by atoms with van der Waals surface area (Å²) in [5.41, 5.74) is 0.721. The molecule has 4 nitrogen and oxygen atoms in total. The first kappa shape index (κ1) is 14.5. The van der Waals surface area contributed by atoms with E-state index in [4.69, 9.17) is 9.84 Å². The molecule has 0 atom stereocenters. The SMILES string of the molecule is CC1(C)COCCN1c1cccc(F)c1/C=C/C(=O)O. The molecular weight excluding hydrogens is 261 g/mol. The van der Waals surface area contributed by atoms with Crippen LogP contribution < -0.4 is 4.90 Å². The lowest BCUT2D eigenvalue weighted by molar-refractivity contribution is -0.131. The Morgan fingerprint density at radius 2 is 2.25 bits per heavy atom. The zero-order valence-corrected chi connectivity index (χ0v) is 11.6. The quantitative estimate of drug-likeness (QED) is 0.864. The number of rotatable bonds is 3. The summed E-state index contributed by atoms with van der Waals surface area (Å²) in [4.78, 5) is 12.7. The summed E-state index contributed by atoms with van der Waals surface area (Å²) < 4.78 is 19.5. The van der Waals surface area contributed by atoms with Gasteiger partial charge in [0.05, 0.1) is 18.8 Å². The van der Waals surface area contributed by atoms with Gasteiger partial charge in [0.2, 0.25) is 0 Å². The molecule has 108 valence electrons. The molecule has 0 radical (unpaired) electrons. The number of carbonyl (C=O) groups is 1. The molecule has 1 heterocycles. The molecular formula is C15H18FNO3. The Labute approximate surface area is 117 Å². The average molecular weight is 279 g/mol. The second-order valence-corrected chi connectivity index (χ2v) is 5.36. The molecule has 1 fully saturated rings. The number of hydrogen-bond acceptors (Lipinski definition) is 3. The van der Waals surface area contributed by atoms with Crippen LogP contribution >= 0.6 is 0 Å². The first-order chi connectivity index (χ1) is 9.42. The minimum absolute atomic E-state index is 0.266. The van der Waals surface area contributed by atoms with Crippen LogP contribution in [0.3, 0.4) is 0 Å². The molecule has 1 aliphatic heterocycles. The number of aliphatic carboxylic acids is 1. The predicted octanol–water partition coefficient (Wildman–Crippen LogP) is 2.54. The fourth-order valence-corrected chi connectivity index (χ4v) is 2.39. The number of benzene rings is 1. The third-order valence-electron chi connectivity index (χ3n) is 3.36. The van der Waals surface area contributed by atoms with Crippen LogP contribution in [0.4, 0.5) is 10.1 Å². The largest absolute Gasteiger partial charge is 0.478 e. The summed E-state index contributed by atoms with van der Waals surface area (Å²) in [5, 5.41) is 8.73. The van der Waals surface area contributed by atoms with E-state index in [0.29, 0.717) is 31.0 Å². The zero-order chi connectivity index (χ0) is 14.8. The molecule has 1 aromatic carbocycles. The molecule has 0 saturated carbocycles. The lowest BCUT2D eigenvalue weighted by Gasteiger charge is -2.44. The molecule has 20 heavy (non-hydrogen) atoms. The smallest absolute Gasteiger partial charge is 0.328 e. The topological polar surface area (TPSA) is 49.8 Å². The van der Waals surface area contributed by atoms with E-state index in [0.717, 1.165) is 6.08 Å². The van der Waals surface area contributed by atoms with Gasteiger partial charge in [0.25, 0.3) is 0 Å². The summed E-state index contributed by atoms with van der Waals surface area (Å²) >= 11 is 0. The number of carboxylic acids is 1. The second-order valence-electron chi connectivity index (χ2n) is 5.36. The zero-order valence-electron chi connectivity index (χ0n) is 11.6. The van der Waals surface area contributed by atoms with E-state index in [9.17, 15) is 9.18 Å². The maximum absolute atomic E-state index is 14.0. The lowest BCUT2D eigenvalue weighted by atomic mass is 9.99. The van der Waals surface area contributed by atoms with Gasteiger partial charge in [0.1, 0.15) is 5.82 Å². The number of halogens is 1. The highest BCUT2D eigenvalue weighted by Crippen LogP contribution is 2.32. The van der Waals surface area contributed by atoms with Crippen LogP contribution in [-0.4, -0.2) is 36.4 Å². The minimum atomic E-state index is -1.10. The van der Waals surface area contributed by atoms with Crippen molar-refractivity contribution in [3.8, 4) is 0 Å². The van der Waals surface area contributed by atoms with Crippen LogP contribution in [-0.2, 0) is 9.53 Å². The van der Waals surface area contributed by atoms with E-state index in [1.165, 1.54) is 12.1 Å². The Balaban J connectivity index is 2.45. The highest BCUT2D eigenvalue weighted by atomic mass is 19.1. The maximum atomic E-state index is 14.0. The number of hydrogen-bond donors (Lipinski definition) is 1. The van der Waals surface area contributed by atoms with Crippen LogP contribution in [0.5, 0.6) is 0 Å². The lowest BCUT2D eigenvalue weighted by Crippen LogP contribution is -2.53. The summed E-state index contributed by atoms with van der Waals surface area (Å²) in [6.07, 6.45) is 2.26. The van der Waals surface area contributed by atoms with Crippen molar-refractivity contribution >= 4 is 17.7 Å². The third kappa shape index (κ3) is 2.99. The normalized spacial score (nSPS) is 18.4. The fourth-order valence-electron chi connectivity index (χ4n) is 2.39. The van der Waals surface area contributed by atoms with E-state index < -0.39 is 11.8 Å². The Morgan fingerprint density at radius 3 is 2.90 bits per heavy atom. The van der Waals surface area contributed by atoms with Crippen molar-refractivity contribution in [2.45, 2.75) is 19.4 Å². The molecule has 0 spiro atoms. The van der Waals surface area contributed by atoms with E-state index >= 15 is 0 Å². The van der Waals surface area contributed by atoms with Crippen LogP contribution in [0.2, 0.25) is 0 Å². The first-order valence-corrected chi connectivity index (χ1v) is 6.47. The molecule has 1 N–H and O–H groups in total. The summed E-state index contributed by atoms with van der Waals surface area (Å²) in [6.45, 7) is 5.79. The van der Waals surface area contributed by atoms with Gasteiger partial charge in [-0.15, -0.1) is 0 Å². The first-order valence-electron chi connectivity index (χ1n) is 6.47. The Hall–Kier alpha value is -1.88. The van der Waals surface area contributed by atoms with E-state index in [2.05, 4.69) is 4.90 Å². The monoisotopic (exact) mass is 279 g/mol. The van der Waals surface area contributed by atoms with Crippen molar-refractivity contribution < 1.29 is 19.0 Å². The highest BCUT2D eigenvalue weighted by molar-refractivity contribution is 5.87.